The van der Waals surface area contributed by atoms with Crippen LogP contribution >= 0.6 is 50.7 Å². The molecule has 1 N–H and O–H groups in total. The molecule has 8 heteroatoms. The summed E-state index contributed by atoms with van der Waals surface area (Å²) in [6.07, 6.45) is 2.24. The van der Waals surface area contributed by atoms with Crippen molar-refractivity contribution in [2.45, 2.75) is 19.8 Å². The van der Waals surface area contributed by atoms with Gasteiger partial charge in [-0.25, -0.2) is 4.98 Å². The molecule has 1 aliphatic rings. The highest BCUT2D eigenvalue weighted by Crippen LogP contribution is 2.35. The van der Waals surface area contributed by atoms with Gasteiger partial charge in [0.2, 0.25) is 0 Å². The number of aromatic nitrogens is 1. The number of hydrogen-bond donors (Lipinski definition) is 1. The van der Waals surface area contributed by atoms with Crippen LogP contribution in [0.15, 0.2) is 28.7 Å². The molecule has 0 bridgehead atoms. The van der Waals surface area contributed by atoms with Gasteiger partial charge in [-0.3, -0.25) is 4.79 Å². The molecule has 0 saturated carbocycles. The van der Waals surface area contributed by atoms with Crippen molar-refractivity contribution in [3.05, 3.63) is 61.0 Å². The molecule has 149 valence electrons. The highest BCUT2D eigenvalue weighted by Gasteiger charge is 2.24. The average molecular weight is 513 g/mol. The van der Waals surface area contributed by atoms with Gasteiger partial charge in [0.05, 0.1) is 31.8 Å². The quantitative estimate of drug-likeness (QED) is 0.388. The van der Waals surface area contributed by atoms with Crippen molar-refractivity contribution >= 4 is 79.0 Å². The molecule has 3 aromatic rings. The molecule has 1 saturated heterocycles. The van der Waals surface area contributed by atoms with E-state index in [1.54, 1.807) is 0 Å². The zero-order valence-corrected chi connectivity index (χ0v) is 19.3. The number of rotatable bonds is 3. The molecule has 2 aromatic carbocycles. The second-order valence-corrected chi connectivity index (χ2v) is 9.01. The van der Waals surface area contributed by atoms with Gasteiger partial charge >= 0.3 is 0 Å². The van der Waals surface area contributed by atoms with Crippen molar-refractivity contribution < 1.29 is 4.79 Å². The Morgan fingerprint density at radius 3 is 2.62 bits per heavy atom. The van der Waals surface area contributed by atoms with Crippen molar-refractivity contribution in [3.63, 3.8) is 0 Å². The van der Waals surface area contributed by atoms with Crippen molar-refractivity contribution in [1.29, 1.82) is 0 Å². The standard InChI is InChI=1S/C21H16BrCl3N3O/c1-11-19(21(29)27-18-10-15(24)14(23)9-16(18)25)13-8-12(22)4-5-17(13)26-20(11)28-6-2-3-7-28/h4-5,8-9H,2-3,6-7H2,1H3,(H,27,29). The van der Waals surface area contributed by atoms with Crippen LogP contribution in [0.4, 0.5) is 11.5 Å². The van der Waals surface area contributed by atoms with Crippen LogP contribution < -0.4 is 10.2 Å². The van der Waals surface area contributed by atoms with E-state index in [4.69, 9.17) is 39.8 Å². The Hall–Kier alpha value is -1.53. The molecular formula is C21H16BrCl3N3O. The first kappa shape index (κ1) is 20.7. The fraction of sp³-hybridized carbons (Fsp3) is 0.238. The maximum atomic E-state index is 13.3. The van der Waals surface area contributed by atoms with E-state index in [0.717, 1.165) is 52.7 Å². The Morgan fingerprint density at radius 2 is 1.90 bits per heavy atom. The largest absolute Gasteiger partial charge is 0.356 e. The molecule has 2 heterocycles. The number of nitrogens with zero attached hydrogens (tertiary/aromatic N) is 2. The molecule has 1 aromatic heterocycles. The van der Waals surface area contributed by atoms with Gasteiger partial charge < -0.3 is 10.2 Å². The summed E-state index contributed by atoms with van der Waals surface area (Å²) in [7, 11) is 0. The Balaban J connectivity index is 1.84. The summed E-state index contributed by atoms with van der Waals surface area (Å²) in [6, 6.07) is 10.0. The second kappa shape index (κ2) is 8.31. The van der Waals surface area contributed by atoms with Crippen molar-refractivity contribution in [2.75, 3.05) is 23.3 Å². The number of fused-ring (bicyclic) bond motifs is 1. The first-order chi connectivity index (χ1) is 13.8. The SMILES string of the molecule is Cc1c(N2CCCC2)nc2ccc(Br)cc2c1C(=O)Nc1[c]c(Cl)c(Cl)cc1Cl. The number of anilines is 2. The van der Waals surface area contributed by atoms with Gasteiger partial charge in [-0.05, 0) is 44.0 Å². The summed E-state index contributed by atoms with van der Waals surface area (Å²) in [5.74, 6) is 0.539. The van der Waals surface area contributed by atoms with Crippen LogP contribution in [0.25, 0.3) is 10.9 Å². The van der Waals surface area contributed by atoms with Crippen LogP contribution in [0.1, 0.15) is 28.8 Å². The summed E-state index contributed by atoms with van der Waals surface area (Å²) in [5.41, 5.74) is 2.42. The molecule has 0 atom stereocenters. The van der Waals surface area contributed by atoms with Gasteiger partial charge in [-0.2, -0.15) is 0 Å². The summed E-state index contributed by atoms with van der Waals surface area (Å²) >= 11 is 21.8. The molecule has 29 heavy (non-hydrogen) atoms. The average Bonchev–Trinajstić information content (AvgIpc) is 3.20. The van der Waals surface area contributed by atoms with E-state index in [1.807, 2.05) is 25.1 Å². The number of benzene rings is 2. The van der Waals surface area contributed by atoms with Gasteiger partial charge in [-0.15, -0.1) is 0 Å². The predicted octanol–water partition coefficient (Wildman–Crippen LogP) is 6.92. The van der Waals surface area contributed by atoms with Gasteiger partial charge in [0.25, 0.3) is 5.91 Å². The normalized spacial score (nSPS) is 13.9. The third-order valence-corrected chi connectivity index (χ3v) is 6.46. The molecule has 1 radical (unpaired) electrons. The fourth-order valence-corrected chi connectivity index (χ4v) is 4.52. The Bertz CT molecular complexity index is 1130. The molecular weight excluding hydrogens is 497 g/mol. The Labute approximate surface area is 192 Å². The first-order valence-corrected chi connectivity index (χ1v) is 11.0. The first-order valence-electron chi connectivity index (χ1n) is 9.08. The molecule has 4 nitrogen and oxygen atoms in total. The predicted molar refractivity (Wildman–Crippen MR) is 124 cm³/mol. The van der Waals surface area contributed by atoms with Gasteiger partial charge in [0.15, 0.2) is 0 Å². The molecule has 1 fully saturated rings. The van der Waals surface area contributed by atoms with Gasteiger partial charge in [0.1, 0.15) is 5.82 Å². The van der Waals surface area contributed by atoms with E-state index in [9.17, 15) is 4.79 Å². The van der Waals surface area contributed by atoms with Crippen LogP contribution in [-0.2, 0) is 0 Å². The van der Waals surface area contributed by atoms with Crippen molar-refractivity contribution in [3.8, 4) is 0 Å². The third-order valence-electron chi connectivity index (χ3n) is 4.97. The molecule has 1 aliphatic heterocycles. The van der Waals surface area contributed by atoms with Crippen molar-refractivity contribution in [2.24, 2.45) is 0 Å². The number of carbonyl (C=O) groups excluding carboxylic acids is 1. The molecule has 1 amide bonds. The van der Waals surface area contributed by atoms with Crippen LogP contribution in [0.2, 0.25) is 15.1 Å². The van der Waals surface area contributed by atoms with E-state index < -0.39 is 0 Å². The number of halogens is 4. The lowest BCUT2D eigenvalue weighted by atomic mass is 10.0. The maximum absolute atomic E-state index is 13.3. The lowest BCUT2D eigenvalue weighted by Crippen LogP contribution is -2.23. The van der Waals surface area contributed by atoms with E-state index in [2.05, 4.69) is 32.2 Å². The van der Waals surface area contributed by atoms with Crippen LogP contribution in [0.5, 0.6) is 0 Å². The van der Waals surface area contributed by atoms with Gasteiger partial charge in [-0.1, -0.05) is 50.7 Å². The molecule has 0 aliphatic carbocycles. The number of hydrogen-bond acceptors (Lipinski definition) is 3. The summed E-state index contributed by atoms with van der Waals surface area (Å²) in [5, 5.41) is 4.34. The van der Waals surface area contributed by atoms with E-state index in [0.29, 0.717) is 5.56 Å². The highest BCUT2D eigenvalue weighted by atomic mass is 79.9. The monoisotopic (exact) mass is 510 g/mol. The minimum Gasteiger partial charge on any atom is -0.356 e. The van der Waals surface area contributed by atoms with Gasteiger partial charge in [0, 0.05) is 34.6 Å². The number of nitrogens with one attached hydrogen (secondary N) is 1. The lowest BCUT2D eigenvalue weighted by molar-refractivity contribution is 0.102. The van der Waals surface area contributed by atoms with Crippen molar-refractivity contribution in [1.82, 2.24) is 4.98 Å². The zero-order valence-electron chi connectivity index (χ0n) is 15.5. The lowest BCUT2D eigenvalue weighted by Gasteiger charge is -2.22. The van der Waals surface area contributed by atoms with E-state index in [-0.39, 0.29) is 26.7 Å². The number of carbonyl (C=O) groups is 1. The van der Waals surface area contributed by atoms with E-state index >= 15 is 0 Å². The minimum atomic E-state index is -0.301. The Morgan fingerprint density at radius 1 is 1.17 bits per heavy atom. The number of pyridine rings is 1. The maximum Gasteiger partial charge on any atom is 0.256 e. The third kappa shape index (κ3) is 4.06. The summed E-state index contributed by atoms with van der Waals surface area (Å²) in [6.45, 7) is 3.79. The highest BCUT2D eigenvalue weighted by molar-refractivity contribution is 9.10. The van der Waals surface area contributed by atoms with Crippen LogP contribution in [-0.4, -0.2) is 24.0 Å². The van der Waals surface area contributed by atoms with Crippen LogP contribution in [0, 0.1) is 13.0 Å². The Kier molecular flexibility index (Phi) is 5.94. The molecule has 4 rings (SSSR count). The second-order valence-electron chi connectivity index (χ2n) is 6.90. The molecule has 0 spiro atoms. The molecule has 0 unspecified atom stereocenters. The topological polar surface area (TPSA) is 45.2 Å². The van der Waals surface area contributed by atoms with Crippen LogP contribution in [0.3, 0.4) is 0 Å². The fourth-order valence-electron chi connectivity index (χ4n) is 3.59. The zero-order chi connectivity index (χ0) is 20.7. The summed E-state index contributed by atoms with van der Waals surface area (Å²) < 4.78 is 0.869. The van der Waals surface area contributed by atoms with E-state index in [1.165, 1.54) is 6.07 Å². The summed E-state index contributed by atoms with van der Waals surface area (Å²) in [4.78, 5) is 20.4. The minimum absolute atomic E-state index is 0.197. The smallest absolute Gasteiger partial charge is 0.256 e. The number of amides is 1.